The van der Waals surface area contributed by atoms with Gasteiger partial charge in [-0.05, 0) is 44.9 Å². The summed E-state index contributed by atoms with van der Waals surface area (Å²) in [6.45, 7) is 4.10. The Morgan fingerprint density at radius 2 is 1.85 bits per heavy atom. The molecule has 6 nitrogen and oxygen atoms in total. The second-order valence-corrected chi connectivity index (χ2v) is 8.39. The van der Waals surface area contributed by atoms with Crippen molar-refractivity contribution >= 4 is 17.5 Å². The molecular weight excluding hydrogens is 348 g/mol. The van der Waals surface area contributed by atoms with Crippen LogP contribution in [0.1, 0.15) is 71.6 Å². The zero-order valence-corrected chi connectivity index (χ0v) is 16.7. The fraction of sp³-hybridized carbons (Fsp3) is 0.857. The van der Waals surface area contributed by atoms with Gasteiger partial charge in [-0.25, -0.2) is 0 Å². The van der Waals surface area contributed by atoms with E-state index in [1.54, 1.807) is 0 Å². The monoisotopic (exact) mass is 380 g/mol. The van der Waals surface area contributed by atoms with E-state index in [1.807, 2.05) is 6.92 Å². The lowest BCUT2D eigenvalue weighted by Gasteiger charge is -2.60. The molecule has 0 aromatic carbocycles. The summed E-state index contributed by atoms with van der Waals surface area (Å²) in [5.74, 6) is 0.362. The van der Waals surface area contributed by atoms with Crippen LogP contribution in [0.25, 0.3) is 0 Å². The number of hydrogen-bond donors (Lipinski definition) is 0. The van der Waals surface area contributed by atoms with Gasteiger partial charge in [0, 0.05) is 43.4 Å². The molecule has 3 fully saturated rings. The Bertz CT molecular complexity index is 579. The van der Waals surface area contributed by atoms with Crippen LogP contribution in [0.3, 0.4) is 0 Å². The molecule has 0 aromatic heterocycles. The van der Waals surface area contributed by atoms with E-state index in [2.05, 4.69) is 11.7 Å². The number of esters is 1. The highest BCUT2D eigenvalue weighted by atomic mass is 16.9. The number of carbonyl (C=O) groups excluding carboxylic acids is 3. The van der Waals surface area contributed by atoms with Crippen LogP contribution in [0.2, 0.25) is 0 Å². The average molecular weight is 380 g/mol. The Morgan fingerprint density at radius 3 is 2.52 bits per heavy atom. The molecule has 1 aliphatic heterocycles. The first kappa shape index (κ1) is 20.5. The molecule has 0 aromatic rings. The van der Waals surface area contributed by atoms with Crippen molar-refractivity contribution in [1.82, 2.24) is 0 Å². The zero-order chi connectivity index (χ0) is 19.6. The van der Waals surface area contributed by atoms with Crippen molar-refractivity contribution in [2.75, 3.05) is 7.11 Å². The van der Waals surface area contributed by atoms with Crippen molar-refractivity contribution in [2.45, 2.75) is 83.7 Å². The van der Waals surface area contributed by atoms with Crippen LogP contribution in [0, 0.1) is 23.7 Å². The summed E-state index contributed by atoms with van der Waals surface area (Å²) in [6.07, 6.45) is 5.36. The van der Waals surface area contributed by atoms with Crippen LogP contribution in [-0.2, 0) is 28.6 Å². The van der Waals surface area contributed by atoms with Crippen molar-refractivity contribution in [3.05, 3.63) is 0 Å². The predicted molar refractivity (Wildman–Crippen MR) is 97.6 cm³/mol. The van der Waals surface area contributed by atoms with E-state index in [9.17, 15) is 14.4 Å². The van der Waals surface area contributed by atoms with Crippen LogP contribution in [0.4, 0.5) is 0 Å². The van der Waals surface area contributed by atoms with Crippen LogP contribution in [0.15, 0.2) is 0 Å². The van der Waals surface area contributed by atoms with Gasteiger partial charge in [-0.15, -0.1) is 0 Å². The lowest BCUT2D eigenvalue weighted by Crippen LogP contribution is -2.66. The Labute approximate surface area is 161 Å². The van der Waals surface area contributed by atoms with E-state index in [1.165, 1.54) is 7.11 Å². The molecule has 4 unspecified atom stereocenters. The normalized spacial score (nSPS) is 38.2. The van der Waals surface area contributed by atoms with E-state index >= 15 is 0 Å². The summed E-state index contributed by atoms with van der Waals surface area (Å²) in [7, 11) is 1.35. The first-order valence-electron chi connectivity index (χ1n) is 10.3. The van der Waals surface area contributed by atoms with Gasteiger partial charge in [0.2, 0.25) is 0 Å². The second-order valence-electron chi connectivity index (χ2n) is 8.39. The summed E-state index contributed by atoms with van der Waals surface area (Å²) < 4.78 is 16.8. The number of fused-ring (bicyclic) bond motifs is 2. The van der Waals surface area contributed by atoms with E-state index in [-0.39, 0.29) is 48.0 Å². The SMILES string of the molecule is COC(=O)CCCC(=O)CCC1C(=O)CCC2C1CCC(C)C21OC(C)O1. The maximum absolute atomic E-state index is 12.6. The number of rotatable bonds is 7. The molecule has 6 heteroatoms. The topological polar surface area (TPSA) is 78.9 Å². The molecule has 152 valence electrons. The molecule has 2 saturated carbocycles. The average Bonchev–Trinajstić information content (AvgIpc) is 2.61. The third kappa shape index (κ3) is 4.11. The Hall–Kier alpha value is -1.27. The van der Waals surface area contributed by atoms with Crippen LogP contribution in [0.5, 0.6) is 0 Å². The van der Waals surface area contributed by atoms with Crippen molar-refractivity contribution < 1.29 is 28.6 Å². The molecule has 0 amide bonds. The molecule has 0 radical (unpaired) electrons. The van der Waals surface area contributed by atoms with Crippen molar-refractivity contribution in [3.63, 3.8) is 0 Å². The van der Waals surface area contributed by atoms with Crippen molar-refractivity contribution in [3.8, 4) is 0 Å². The minimum atomic E-state index is -0.522. The third-order valence-corrected chi connectivity index (χ3v) is 6.78. The highest BCUT2D eigenvalue weighted by Gasteiger charge is 2.61. The van der Waals surface area contributed by atoms with Gasteiger partial charge >= 0.3 is 5.97 Å². The minimum absolute atomic E-state index is 0.0687. The van der Waals surface area contributed by atoms with Crippen molar-refractivity contribution in [2.24, 2.45) is 23.7 Å². The number of ether oxygens (including phenoxy) is 3. The Morgan fingerprint density at radius 1 is 1.11 bits per heavy atom. The molecule has 3 rings (SSSR count). The van der Waals surface area contributed by atoms with Crippen LogP contribution >= 0.6 is 0 Å². The minimum Gasteiger partial charge on any atom is -0.469 e. The molecule has 27 heavy (non-hydrogen) atoms. The lowest BCUT2D eigenvalue weighted by atomic mass is 9.58. The summed E-state index contributed by atoms with van der Waals surface area (Å²) in [4.78, 5) is 36.0. The summed E-state index contributed by atoms with van der Waals surface area (Å²) >= 11 is 0. The van der Waals surface area contributed by atoms with Crippen molar-refractivity contribution in [1.29, 1.82) is 0 Å². The molecule has 1 spiro atoms. The maximum atomic E-state index is 12.6. The molecule has 1 heterocycles. The molecule has 1 saturated heterocycles. The largest absolute Gasteiger partial charge is 0.469 e. The Balaban J connectivity index is 1.56. The number of hydrogen-bond acceptors (Lipinski definition) is 6. The highest BCUT2D eigenvalue weighted by Crippen LogP contribution is 2.56. The first-order chi connectivity index (χ1) is 12.9. The van der Waals surface area contributed by atoms with Gasteiger partial charge < -0.3 is 14.2 Å². The van der Waals surface area contributed by atoms with Gasteiger partial charge in [0.05, 0.1) is 7.11 Å². The summed E-state index contributed by atoms with van der Waals surface area (Å²) in [6, 6.07) is 0. The van der Waals surface area contributed by atoms with Gasteiger partial charge in [0.25, 0.3) is 0 Å². The Kier molecular flexibility index (Phi) is 6.36. The van der Waals surface area contributed by atoms with Crippen LogP contribution in [-0.4, -0.2) is 36.7 Å². The summed E-state index contributed by atoms with van der Waals surface area (Å²) in [5.41, 5.74) is 0. The van der Waals surface area contributed by atoms with Gasteiger partial charge in [-0.1, -0.05) is 6.92 Å². The number of carbonyl (C=O) groups is 3. The molecular formula is C21H32O6. The molecule has 0 N–H and O–H groups in total. The fourth-order valence-corrected chi connectivity index (χ4v) is 5.41. The maximum Gasteiger partial charge on any atom is 0.305 e. The number of ketones is 2. The molecule has 0 bridgehead atoms. The van der Waals surface area contributed by atoms with Gasteiger partial charge in [-0.3, -0.25) is 14.4 Å². The quantitative estimate of drug-likeness (QED) is 0.630. The van der Waals surface area contributed by atoms with E-state index < -0.39 is 5.79 Å². The lowest BCUT2D eigenvalue weighted by molar-refractivity contribution is -0.491. The van der Waals surface area contributed by atoms with Gasteiger partial charge in [0.15, 0.2) is 12.1 Å². The van der Waals surface area contributed by atoms with Crippen LogP contribution < -0.4 is 0 Å². The second kappa shape index (κ2) is 8.39. The smallest absolute Gasteiger partial charge is 0.305 e. The molecule has 4 atom stereocenters. The molecule has 2 aliphatic carbocycles. The molecule has 3 aliphatic rings. The van der Waals surface area contributed by atoms with E-state index in [0.717, 1.165) is 19.3 Å². The van der Waals surface area contributed by atoms with Gasteiger partial charge in [-0.2, -0.15) is 0 Å². The highest BCUT2D eigenvalue weighted by molar-refractivity contribution is 5.84. The van der Waals surface area contributed by atoms with E-state index in [4.69, 9.17) is 9.47 Å². The predicted octanol–water partition coefficient (Wildman–Crippen LogP) is 3.41. The van der Waals surface area contributed by atoms with Gasteiger partial charge in [0.1, 0.15) is 11.6 Å². The summed E-state index contributed by atoms with van der Waals surface area (Å²) in [5, 5.41) is 0. The number of methoxy groups -OCH3 is 1. The number of Topliss-reactive ketones (excluding diaryl/α,β-unsaturated/α-hetero) is 2. The van der Waals surface area contributed by atoms with E-state index in [0.29, 0.717) is 38.0 Å². The fourth-order valence-electron chi connectivity index (χ4n) is 5.41. The third-order valence-electron chi connectivity index (χ3n) is 6.78. The zero-order valence-electron chi connectivity index (χ0n) is 16.7. The standard InChI is InChI=1S/C21H32O6/c1-13-7-9-16-17(10-8-15(22)5-4-6-20(24)25-3)19(23)12-11-18(16)21(13)26-14(2)27-21/h13-14,16-18H,4-12H2,1-3H3. The first-order valence-corrected chi connectivity index (χ1v) is 10.3.